The van der Waals surface area contributed by atoms with E-state index in [9.17, 15) is 13.2 Å². The van der Waals surface area contributed by atoms with E-state index in [-0.39, 0.29) is 37.2 Å². The van der Waals surface area contributed by atoms with Gasteiger partial charge in [-0.05, 0) is 33.2 Å². The molecule has 0 aliphatic heterocycles. The fourth-order valence-electron chi connectivity index (χ4n) is 2.60. The first kappa shape index (κ1) is 18.2. The average molecular weight is 328 g/mol. The van der Waals surface area contributed by atoms with Gasteiger partial charge in [-0.15, -0.1) is 12.4 Å². The lowest BCUT2D eigenvalue weighted by Gasteiger charge is -2.28. The Morgan fingerprint density at radius 1 is 1.38 bits per heavy atom. The SMILES string of the molecule is CNC(C)Cc1noc(C2CCCC(C(F)(F)F)C2)n1.Cl. The van der Waals surface area contributed by atoms with E-state index in [1.54, 1.807) is 0 Å². The van der Waals surface area contributed by atoms with Crippen LogP contribution in [0.3, 0.4) is 0 Å². The van der Waals surface area contributed by atoms with Crippen LogP contribution in [-0.4, -0.2) is 29.4 Å². The predicted octanol–water partition coefficient (Wildman–Crippen LogP) is 3.48. The molecule has 8 heteroatoms. The smallest absolute Gasteiger partial charge is 0.339 e. The van der Waals surface area contributed by atoms with Crippen molar-refractivity contribution in [1.82, 2.24) is 15.5 Å². The second-order valence-corrected chi connectivity index (χ2v) is 5.54. The minimum absolute atomic E-state index is 0. The maximum absolute atomic E-state index is 12.8. The molecule has 2 rings (SSSR count). The molecule has 0 saturated heterocycles. The first-order chi connectivity index (χ1) is 9.40. The molecule has 1 aliphatic carbocycles. The number of nitrogens with zero attached hydrogens (tertiary/aromatic N) is 2. The van der Waals surface area contributed by atoms with Crippen LogP contribution in [0.5, 0.6) is 0 Å². The topological polar surface area (TPSA) is 51.0 Å². The number of likely N-dealkylation sites (N-methyl/N-ethyl adjacent to an activating group) is 1. The third-order valence-electron chi connectivity index (χ3n) is 3.95. The van der Waals surface area contributed by atoms with E-state index in [1.165, 1.54) is 0 Å². The summed E-state index contributed by atoms with van der Waals surface area (Å²) < 4.78 is 43.5. The summed E-state index contributed by atoms with van der Waals surface area (Å²) in [5.74, 6) is -0.595. The van der Waals surface area contributed by atoms with Crippen molar-refractivity contribution in [3.63, 3.8) is 0 Å². The molecule has 4 nitrogen and oxygen atoms in total. The summed E-state index contributed by atoms with van der Waals surface area (Å²) in [4.78, 5) is 4.25. The van der Waals surface area contributed by atoms with Crippen molar-refractivity contribution in [3.8, 4) is 0 Å². The highest BCUT2D eigenvalue weighted by molar-refractivity contribution is 5.85. The minimum atomic E-state index is -4.12. The second-order valence-electron chi connectivity index (χ2n) is 5.54. The number of hydrogen-bond acceptors (Lipinski definition) is 4. The van der Waals surface area contributed by atoms with Gasteiger partial charge in [0.25, 0.3) is 0 Å². The number of alkyl halides is 3. The van der Waals surface area contributed by atoms with Crippen molar-refractivity contribution < 1.29 is 17.7 Å². The fourth-order valence-corrected chi connectivity index (χ4v) is 2.60. The molecule has 0 spiro atoms. The van der Waals surface area contributed by atoms with Gasteiger partial charge in [0.15, 0.2) is 5.82 Å². The van der Waals surface area contributed by atoms with E-state index in [0.717, 1.165) is 0 Å². The maximum atomic E-state index is 12.8. The highest BCUT2D eigenvalue weighted by Crippen LogP contribution is 2.43. The lowest BCUT2D eigenvalue weighted by molar-refractivity contribution is -0.183. The standard InChI is InChI=1S/C13H20F3N3O.ClH/c1-8(17-2)6-11-18-12(20-19-11)9-4-3-5-10(7-9)13(14,15)16;/h8-10,17H,3-7H2,1-2H3;1H. The zero-order valence-electron chi connectivity index (χ0n) is 12.1. The number of hydrogen-bond donors (Lipinski definition) is 1. The molecule has 3 unspecified atom stereocenters. The van der Waals surface area contributed by atoms with Crippen LogP contribution < -0.4 is 5.32 Å². The molecule has 0 bridgehead atoms. The third kappa shape index (κ3) is 4.85. The van der Waals surface area contributed by atoms with Gasteiger partial charge in [-0.2, -0.15) is 18.2 Å². The van der Waals surface area contributed by atoms with E-state index in [4.69, 9.17) is 4.52 Å². The Morgan fingerprint density at radius 3 is 2.71 bits per heavy atom. The summed E-state index contributed by atoms with van der Waals surface area (Å²) >= 11 is 0. The van der Waals surface area contributed by atoms with Gasteiger partial charge in [0, 0.05) is 18.4 Å². The zero-order valence-corrected chi connectivity index (χ0v) is 12.9. The first-order valence-corrected chi connectivity index (χ1v) is 6.96. The summed E-state index contributed by atoms with van der Waals surface area (Å²) in [5.41, 5.74) is 0. The molecule has 1 fully saturated rings. The molecule has 1 saturated carbocycles. The second kappa shape index (κ2) is 7.45. The van der Waals surface area contributed by atoms with Gasteiger partial charge in [-0.1, -0.05) is 11.6 Å². The molecule has 1 N–H and O–H groups in total. The van der Waals surface area contributed by atoms with Gasteiger partial charge in [-0.25, -0.2) is 0 Å². The summed E-state index contributed by atoms with van der Waals surface area (Å²) in [7, 11) is 1.83. The van der Waals surface area contributed by atoms with Crippen LogP contribution in [0.1, 0.15) is 50.2 Å². The molecule has 0 aromatic carbocycles. The molecule has 21 heavy (non-hydrogen) atoms. The molecule has 1 aromatic rings. The molecule has 1 aromatic heterocycles. The van der Waals surface area contributed by atoms with E-state index in [0.29, 0.717) is 31.0 Å². The van der Waals surface area contributed by atoms with Crippen molar-refractivity contribution >= 4 is 12.4 Å². The first-order valence-electron chi connectivity index (χ1n) is 6.96. The number of halogens is 4. The quantitative estimate of drug-likeness (QED) is 0.920. The van der Waals surface area contributed by atoms with Crippen LogP contribution in [0.15, 0.2) is 4.52 Å². The Morgan fingerprint density at radius 2 is 2.10 bits per heavy atom. The van der Waals surface area contributed by atoms with Crippen LogP contribution in [0.25, 0.3) is 0 Å². The number of aromatic nitrogens is 2. The Hall–Kier alpha value is -0.820. The van der Waals surface area contributed by atoms with Crippen molar-refractivity contribution in [3.05, 3.63) is 11.7 Å². The van der Waals surface area contributed by atoms with E-state index >= 15 is 0 Å². The minimum Gasteiger partial charge on any atom is -0.339 e. The van der Waals surface area contributed by atoms with Gasteiger partial charge in [0.2, 0.25) is 5.89 Å². The molecule has 0 radical (unpaired) electrons. The molecule has 1 heterocycles. The monoisotopic (exact) mass is 327 g/mol. The Labute approximate surface area is 128 Å². The summed E-state index contributed by atoms with van der Waals surface area (Å²) in [6.07, 6.45) is -2.00. The fraction of sp³-hybridized carbons (Fsp3) is 0.846. The summed E-state index contributed by atoms with van der Waals surface area (Å²) in [6, 6.07) is 0.203. The van der Waals surface area contributed by atoms with E-state index < -0.39 is 12.1 Å². The van der Waals surface area contributed by atoms with Crippen LogP contribution in [0.4, 0.5) is 13.2 Å². The molecule has 122 valence electrons. The largest absolute Gasteiger partial charge is 0.391 e. The normalized spacial score (nSPS) is 24.4. The van der Waals surface area contributed by atoms with Gasteiger partial charge < -0.3 is 9.84 Å². The summed E-state index contributed by atoms with van der Waals surface area (Å²) in [5, 5.41) is 6.92. The lowest BCUT2D eigenvalue weighted by Crippen LogP contribution is -2.28. The average Bonchev–Trinajstić information content (AvgIpc) is 2.86. The van der Waals surface area contributed by atoms with Crippen LogP contribution in [0.2, 0.25) is 0 Å². The Bertz CT molecular complexity index is 439. The highest BCUT2D eigenvalue weighted by atomic mass is 35.5. The van der Waals surface area contributed by atoms with Gasteiger partial charge in [0.1, 0.15) is 0 Å². The lowest BCUT2D eigenvalue weighted by atomic mass is 9.81. The molecular weight excluding hydrogens is 307 g/mol. The third-order valence-corrected chi connectivity index (χ3v) is 3.95. The van der Waals surface area contributed by atoms with E-state index in [1.807, 2.05) is 14.0 Å². The van der Waals surface area contributed by atoms with Crippen molar-refractivity contribution in [2.24, 2.45) is 5.92 Å². The van der Waals surface area contributed by atoms with Crippen molar-refractivity contribution in [2.45, 2.75) is 57.2 Å². The van der Waals surface area contributed by atoms with Crippen LogP contribution >= 0.6 is 12.4 Å². The Balaban J connectivity index is 0.00000220. The highest BCUT2D eigenvalue weighted by Gasteiger charge is 2.43. The van der Waals surface area contributed by atoms with Gasteiger partial charge >= 0.3 is 6.18 Å². The molecule has 3 atom stereocenters. The Kier molecular flexibility index (Phi) is 6.46. The number of rotatable bonds is 4. The van der Waals surface area contributed by atoms with Crippen molar-refractivity contribution in [1.29, 1.82) is 0 Å². The molecule has 1 aliphatic rings. The molecular formula is C13H21ClF3N3O. The van der Waals surface area contributed by atoms with Crippen molar-refractivity contribution in [2.75, 3.05) is 7.05 Å². The maximum Gasteiger partial charge on any atom is 0.391 e. The molecule has 0 amide bonds. The predicted molar refractivity (Wildman–Crippen MR) is 74.5 cm³/mol. The number of nitrogens with one attached hydrogen (secondary N) is 1. The van der Waals surface area contributed by atoms with Crippen LogP contribution in [-0.2, 0) is 6.42 Å². The summed E-state index contributed by atoms with van der Waals surface area (Å²) in [6.45, 7) is 1.98. The van der Waals surface area contributed by atoms with Gasteiger partial charge in [0.05, 0.1) is 5.92 Å². The van der Waals surface area contributed by atoms with Crippen LogP contribution in [0, 0.1) is 5.92 Å². The van der Waals surface area contributed by atoms with Gasteiger partial charge in [-0.3, -0.25) is 0 Å². The van der Waals surface area contributed by atoms with E-state index in [2.05, 4.69) is 15.5 Å². The zero-order chi connectivity index (χ0) is 14.8.